The van der Waals surface area contributed by atoms with E-state index in [-0.39, 0.29) is 17.8 Å². The zero-order valence-electron chi connectivity index (χ0n) is 20.7. The van der Waals surface area contributed by atoms with Crippen LogP contribution >= 0.6 is 11.6 Å². The number of carbonyl (C=O) groups excluding carboxylic acids is 2. The van der Waals surface area contributed by atoms with Crippen molar-refractivity contribution in [1.82, 2.24) is 0 Å². The topological polar surface area (TPSA) is 74.2 Å². The first-order valence-corrected chi connectivity index (χ1v) is 12.0. The average Bonchev–Trinajstić information content (AvgIpc) is 2.81. The maximum absolute atomic E-state index is 13.4. The first-order valence-electron chi connectivity index (χ1n) is 11.6. The van der Waals surface area contributed by atoms with Crippen molar-refractivity contribution < 1.29 is 23.8 Å². The highest BCUT2D eigenvalue weighted by atomic mass is 35.5. The Labute approximate surface area is 210 Å². The van der Waals surface area contributed by atoms with Gasteiger partial charge in [-0.3, -0.25) is 14.6 Å². The summed E-state index contributed by atoms with van der Waals surface area (Å²) in [6.45, 7) is 6.23. The van der Waals surface area contributed by atoms with E-state index in [4.69, 9.17) is 30.8 Å². The molecule has 0 fully saturated rings. The van der Waals surface area contributed by atoms with Crippen LogP contribution in [0.1, 0.15) is 50.7 Å². The molecule has 0 N–H and O–H groups in total. The van der Waals surface area contributed by atoms with Crippen LogP contribution < -0.4 is 9.47 Å². The van der Waals surface area contributed by atoms with E-state index in [0.717, 1.165) is 16.8 Å². The van der Waals surface area contributed by atoms with Crippen molar-refractivity contribution in [2.45, 2.75) is 46.1 Å². The van der Waals surface area contributed by atoms with E-state index >= 15 is 0 Å². The lowest BCUT2D eigenvalue weighted by molar-refractivity contribution is -0.143. The number of rotatable bonds is 6. The van der Waals surface area contributed by atoms with Crippen LogP contribution in [-0.2, 0) is 20.9 Å². The Kier molecular flexibility index (Phi) is 7.04. The molecule has 0 radical (unpaired) electrons. The van der Waals surface area contributed by atoms with Gasteiger partial charge >= 0.3 is 5.97 Å². The van der Waals surface area contributed by atoms with Gasteiger partial charge in [-0.1, -0.05) is 49.7 Å². The Hall–Kier alpha value is -3.12. The number of halogens is 1. The van der Waals surface area contributed by atoms with Gasteiger partial charge in [-0.05, 0) is 42.5 Å². The second kappa shape index (κ2) is 9.86. The van der Waals surface area contributed by atoms with Gasteiger partial charge in [-0.15, -0.1) is 0 Å². The predicted octanol–water partition coefficient (Wildman–Crippen LogP) is 5.92. The van der Waals surface area contributed by atoms with Crippen LogP contribution in [0.4, 0.5) is 0 Å². The maximum atomic E-state index is 13.4. The minimum absolute atomic E-state index is 0.0180. The zero-order valence-corrected chi connectivity index (χ0v) is 21.4. The van der Waals surface area contributed by atoms with E-state index in [1.165, 1.54) is 7.11 Å². The van der Waals surface area contributed by atoms with Crippen LogP contribution in [0, 0.1) is 11.3 Å². The number of allylic oxidation sites excluding steroid dienone is 2. The van der Waals surface area contributed by atoms with Gasteiger partial charge in [0.15, 0.2) is 17.3 Å². The Morgan fingerprint density at radius 2 is 1.86 bits per heavy atom. The van der Waals surface area contributed by atoms with Crippen LogP contribution in [-0.4, -0.2) is 31.7 Å². The van der Waals surface area contributed by atoms with Gasteiger partial charge in [0.2, 0.25) is 0 Å². The highest BCUT2D eigenvalue weighted by molar-refractivity contribution is 6.31. The average molecular weight is 496 g/mol. The molecule has 1 aliphatic heterocycles. The molecular weight excluding hydrogens is 466 g/mol. The number of nitrogens with zero attached hydrogens (tertiary/aromatic N) is 1. The van der Waals surface area contributed by atoms with Gasteiger partial charge in [-0.25, -0.2) is 0 Å². The summed E-state index contributed by atoms with van der Waals surface area (Å²) in [5.74, 6) is -0.558. The Bertz CT molecular complexity index is 1230. The highest BCUT2D eigenvalue weighted by Crippen LogP contribution is 2.48. The first-order chi connectivity index (χ1) is 16.6. The third kappa shape index (κ3) is 4.98. The lowest BCUT2D eigenvalue weighted by atomic mass is 9.67. The normalized spacial score (nSPS) is 21.2. The van der Waals surface area contributed by atoms with Gasteiger partial charge in [0.25, 0.3) is 0 Å². The molecule has 2 aromatic carbocycles. The molecule has 0 aromatic heterocycles. The van der Waals surface area contributed by atoms with Crippen molar-refractivity contribution in [2.24, 2.45) is 16.3 Å². The number of aliphatic imine (C=N–C) groups is 1. The van der Waals surface area contributed by atoms with E-state index in [1.807, 2.05) is 43.3 Å². The van der Waals surface area contributed by atoms with Gasteiger partial charge < -0.3 is 14.2 Å². The fourth-order valence-corrected chi connectivity index (χ4v) is 5.20. The Morgan fingerprint density at radius 1 is 1.11 bits per heavy atom. The smallest absolute Gasteiger partial charge is 0.315 e. The minimum atomic E-state index is -0.691. The molecule has 6 nitrogen and oxygen atoms in total. The van der Waals surface area contributed by atoms with Crippen molar-refractivity contribution in [1.29, 1.82) is 0 Å². The second-order valence-corrected chi connectivity index (χ2v) is 10.2. The van der Waals surface area contributed by atoms with Crippen LogP contribution in [0.25, 0.3) is 0 Å². The summed E-state index contributed by atoms with van der Waals surface area (Å²) in [7, 11) is 2.92. The molecule has 184 valence electrons. The number of hydrogen-bond donors (Lipinski definition) is 0. The maximum Gasteiger partial charge on any atom is 0.315 e. The molecule has 1 aliphatic carbocycles. The largest absolute Gasteiger partial charge is 0.493 e. The minimum Gasteiger partial charge on any atom is -0.493 e. The van der Waals surface area contributed by atoms with E-state index < -0.39 is 17.8 Å². The monoisotopic (exact) mass is 495 g/mol. The molecule has 0 bridgehead atoms. The van der Waals surface area contributed by atoms with Crippen LogP contribution in [0.3, 0.4) is 0 Å². The summed E-state index contributed by atoms with van der Waals surface area (Å²) in [5, 5.41) is 0.624. The number of ether oxygens (including phenoxy) is 3. The van der Waals surface area contributed by atoms with Gasteiger partial charge in [0, 0.05) is 39.9 Å². The quantitative estimate of drug-likeness (QED) is 0.465. The van der Waals surface area contributed by atoms with E-state index in [0.29, 0.717) is 40.6 Å². The highest BCUT2D eigenvalue weighted by Gasteiger charge is 2.46. The summed E-state index contributed by atoms with van der Waals surface area (Å²) in [4.78, 5) is 30.9. The fourth-order valence-electron chi connectivity index (χ4n) is 5.01. The number of ketones is 1. The third-order valence-electron chi connectivity index (χ3n) is 6.65. The number of carbonyl (C=O) groups is 2. The van der Waals surface area contributed by atoms with Crippen molar-refractivity contribution >= 4 is 29.1 Å². The Balaban J connectivity index is 1.74. The predicted molar refractivity (Wildman–Crippen MR) is 135 cm³/mol. The van der Waals surface area contributed by atoms with Crippen molar-refractivity contribution in [3.8, 4) is 11.5 Å². The first kappa shape index (κ1) is 25.0. The van der Waals surface area contributed by atoms with Crippen LogP contribution in [0.5, 0.6) is 11.5 Å². The summed E-state index contributed by atoms with van der Waals surface area (Å²) in [5.41, 5.74) is 3.44. The number of hydrogen-bond acceptors (Lipinski definition) is 6. The van der Waals surface area contributed by atoms with E-state index in [2.05, 4.69) is 13.8 Å². The summed E-state index contributed by atoms with van der Waals surface area (Å²) in [6, 6.07) is 13.0. The lowest BCUT2D eigenvalue weighted by Crippen LogP contribution is -2.39. The van der Waals surface area contributed by atoms with Crippen LogP contribution in [0.2, 0.25) is 5.02 Å². The molecule has 2 atom stereocenters. The third-order valence-corrected chi connectivity index (χ3v) is 7.01. The molecule has 0 amide bonds. The lowest BCUT2D eigenvalue weighted by Gasteiger charge is -2.39. The molecule has 0 spiro atoms. The number of benzene rings is 2. The fraction of sp³-hybridized carbons (Fsp3) is 0.393. The molecule has 2 aliphatic rings. The van der Waals surface area contributed by atoms with Gasteiger partial charge in [-0.2, -0.15) is 0 Å². The molecule has 1 heterocycles. The molecule has 2 aromatic rings. The number of esters is 1. The molecule has 4 rings (SSSR count). The summed E-state index contributed by atoms with van der Waals surface area (Å²) < 4.78 is 16.8. The number of methoxy groups -OCH3 is 2. The standard InChI is InChI=1S/C28H30ClNO5/c1-16-24(27(32)34-5)25(26-20(30-16)13-28(2,3)14-21(26)31)17-10-11-22(23(12-17)33-4)35-15-18-8-6-7-9-19(18)29/h6-12,24-25H,13-15H2,1-5H3/t24?,25-/m0/s1. The molecule has 1 unspecified atom stereocenters. The SMILES string of the molecule is COC(=O)C1C(C)=NC2=C(C(=O)CC(C)(C)C2)[C@H]1c1ccc(OCc2ccccc2Cl)c(OC)c1. The van der Waals surface area contributed by atoms with Gasteiger partial charge in [0.1, 0.15) is 12.5 Å². The molecule has 0 saturated carbocycles. The Morgan fingerprint density at radius 3 is 2.54 bits per heavy atom. The van der Waals surface area contributed by atoms with E-state index in [1.54, 1.807) is 13.2 Å². The van der Waals surface area contributed by atoms with Crippen molar-refractivity contribution in [2.75, 3.05) is 14.2 Å². The van der Waals surface area contributed by atoms with Crippen molar-refractivity contribution in [3.63, 3.8) is 0 Å². The van der Waals surface area contributed by atoms with Crippen molar-refractivity contribution in [3.05, 3.63) is 69.9 Å². The molecule has 35 heavy (non-hydrogen) atoms. The summed E-state index contributed by atoms with van der Waals surface area (Å²) in [6.07, 6.45) is 1.08. The van der Waals surface area contributed by atoms with Crippen LogP contribution in [0.15, 0.2) is 58.7 Å². The van der Waals surface area contributed by atoms with Gasteiger partial charge in [0.05, 0.1) is 14.2 Å². The molecule has 7 heteroatoms. The second-order valence-electron chi connectivity index (χ2n) is 9.82. The zero-order chi connectivity index (χ0) is 25.3. The summed E-state index contributed by atoms with van der Waals surface area (Å²) >= 11 is 6.26. The van der Waals surface area contributed by atoms with E-state index in [9.17, 15) is 9.59 Å². The molecular formula is C28H30ClNO5. The number of Topliss-reactive ketones (excluding diaryl/α,β-unsaturated/α-hetero) is 1. The molecule has 0 saturated heterocycles.